The minimum absolute atomic E-state index is 0.116. The molecule has 0 spiro atoms. The molecule has 1 atom stereocenters. The Balaban J connectivity index is 4.10. The highest BCUT2D eigenvalue weighted by atomic mass is 32.2. The second kappa shape index (κ2) is 4.79. The maximum atomic E-state index is 10.5. The van der Waals surface area contributed by atoms with Gasteiger partial charge in [-0.05, 0) is 20.0 Å². The Bertz CT molecular complexity index is 209. The fraction of sp³-hybridized carbons (Fsp3) is 1.00. The number of rotatable bonds is 5. The van der Waals surface area contributed by atoms with Gasteiger partial charge in [-0.2, -0.15) is 8.42 Å². The Labute approximate surface area is 74.3 Å². The molecule has 0 aliphatic rings. The summed E-state index contributed by atoms with van der Waals surface area (Å²) in [5.41, 5.74) is 0. The van der Waals surface area contributed by atoms with Crippen molar-refractivity contribution in [2.24, 2.45) is 0 Å². The third-order valence-corrected chi connectivity index (χ3v) is 2.79. The van der Waals surface area contributed by atoms with E-state index >= 15 is 0 Å². The first-order valence-corrected chi connectivity index (χ1v) is 5.70. The zero-order valence-corrected chi connectivity index (χ0v) is 8.63. The van der Waals surface area contributed by atoms with Gasteiger partial charge in [0.1, 0.15) is 0 Å². The molecule has 0 aromatic rings. The lowest BCUT2D eigenvalue weighted by Crippen LogP contribution is -2.37. The minimum Gasteiger partial charge on any atom is -0.300 e. The molecule has 0 fully saturated rings. The van der Waals surface area contributed by atoms with Crippen LogP contribution < -0.4 is 0 Å². The zero-order valence-electron chi connectivity index (χ0n) is 7.82. The van der Waals surface area contributed by atoms with Crippen LogP contribution in [0.4, 0.5) is 0 Å². The molecular formula is C7H17NO3S. The topological polar surface area (TPSA) is 57.6 Å². The molecule has 0 rings (SSSR count). The van der Waals surface area contributed by atoms with Crippen molar-refractivity contribution in [1.29, 1.82) is 0 Å². The van der Waals surface area contributed by atoms with E-state index in [0.29, 0.717) is 0 Å². The van der Waals surface area contributed by atoms with Crippen molar-refractivity contribution in [1.82, 2.24) is 4.90 Å². The molecule has 0 aromatic heterocycles. The highest BCUT2D eigenvalue weighted by Crippen LogP contribution is 2.00. The lowest BCUT2D eigenvalue weighted by atomic mass is 10.3. The molecule has 0 aliphatic carbocycles. The Morgan fingerprint density at radius 1 is 1.33 bits per heavy atom. The SMILES string of the molecule is CCN(CC)C(C)CS(=O)(=O)O. The van der Waals surface area contributed by atoms with Gasteiger partial charge in [0.05, 0.1) is 5.75 Å². The van der Waals surface area contributed by atoms with E-state index in [1.807, 2.05) is 18.7 Å². The van der Waals surface area contributed by atoms with Crippen LogP contribution in [0, 0.1) is 0 Å². The Morgan fingerprint density at radius 3 is 2.00 bits per heavy atom. The van der Waals surface area contributed by atoms with Crippen LogP contribution in [0.2, 0.25) is 0 Å². The van der Waals surface area contributed by atoms with Crippen LogP contribution >= 0.6 is 0 Å². The molecule has 0 saturated carbocycles. The molecule has 12 heavy (non-hydrogen) atoms. The molecule has 0 amide bonds. The minimum atomic E-state index is -3.83. The van der Waals surface area contributed by atoms with Gasteiger partial charge in [0, 0.05) is 6.04 Å². The second-order valence-corrected chi connectivity index (χ2v) is 4.32. The molecule has 4 nitrogen and oxygen atoms in total. The Kier molecular flexibility index (Phi) is 4.74. The largest absolute Gasteiger partial charge is 0.300 e. The molecule has 0 radical (unpaired) electrons. The molecule has 0 aliphatic heterocycles. The first kappa shape index (κ1) is 11.9. The predicted octanol–water partition coefficient (Wildman–Crippen LogP) is 0.605. The van der Waals surface area contributed by atoms with Crippen molar-refractivity contribution in [3.05, 3.63) is 0 Å². The smallest absolute Gasteiger partial charge is 0.266 e. The van der Waals surface area contributed by atoms with Crippen LogP contribution in [-0.4, -0.2) is 42.8 Å². The Morgan fingerprint density at radius 2 is 1.75 bits per heavy atom. The number of nitrogens with zero attached hydrogens (tertiary/aromatic N) is 1. The van der Waals surface area contributed by atoms with Gasteiger partial charge in [-0.25, -0.2) is 0 Å². The van der Waals surface area contributed by atoms with E-state index in [4.69, 9.17) is 4.55 Å². The van der Waals surface area contributed by atoms with Crippen molar-refractivity contribution >= 4 is 10.1 Å². The van der Waals surface area contributed by atoms with E-state index < -0.39 is 10.1 Å². The van der Waals surface area contributed by atoms with E-state index in [1.54, 1.807) is 6.92 Å². The highest BCUT2D eigenvalue weighted by molar-refractivity contribution is 7.85. The summed E-state index contributed by atoms with van der Waals surface area (Å²) in [6.45, 7) is 7.31. The fourth-order valence-electron chi connectivity index (χ4n) is 1.26. The maximum absolute atomic E-state index is 10.5. The van der Waals surface area contributed by atoms with Gasteiger partial charge in [0.25, 0.3) is 10.1 Å². The van der Waals surface area contributed by atoms with Crippen LogP contribution in [0.15, 0.2) is 0 Å². The lowest BCUT2D eigenvalue weighted by molar-refractivity contribution is 0.245. The molecule has 1 N–H and O–H groups in total. The summed E-state index contributed by atoms with van der Waals surface area (Å²) in [6.07, 6.45) is 0. The highest BCUT2D eigenvalue weighted by Gasteiger charge is 2.16. The Hall–Kier alpha value is -0.130. The average Bonchev–Trinajstić information content (AvgIpc) is 1.85. The molecule has 0 bridgehead atoms. The molecule has 0 saturated heterocycles. The lowest BCUT2D eigenvalue weighted by Gasteiger charge is -2.24. The number of hydrogen-bond donors (Lipinski definition) is 1. The summed E-state index contributed by atoms with van der Waals surface area (Å²) in [5.74, 6) is -0.186. The van der Waals surface area contributed by atoms with Gasteiger partial charge in [0.2, 0.25) is 0 Å². The summed E-state index contributed by atoms with van der Waals surface area (Å²) >= 11 is 0. The monoisotopic (exact) mass is 195 g/mol. The second-order valence-electron chi connectivity index (χ2n) is 2.82. The first-order chi connectivity index (χ1) is 5.40. The molecule has 5 heteroatoms. The summed E-state index contributed by atoms with van der Waals surface area (Å²) in [5, 5.41) is 0. The van der Waals surface area contributed by atoms with Gasteiger partial charge in [0.15, 0.2) is 0 Å². The molecule has 0 heterocycles. The van der Waals surface area contributed by atoms with Gasteiger partial charge in [-0.15, -0.1) is 0 Å². The normalized spacial score (nSPS) is 15.1. The van der Waals surface area contributed by atoms with Crippen LogP contribution in [0.5, 0.6) is 0 Å². The summed E-state index contributed by atoms with van der Waals surface area (Å²) in [7, 11) is -3.83. The van der Waals surface area contributed by atoms with Gasteiger partial charge >= 0.3 is 0 Å². The molecule has 74 valence electrons. The van der Waals surface area contributed by atoms with Crippen molar-refractivity contribution in [2.75, 3.05) is 18.8 Å². The zero-order chi connectivity index (χ0) is 9.78. The van der Waals surface area contributed by atoms with E-state index in [2.05, 4.69) is 0 Å². The van der Waals surface area contributed by atoms with E-state index in [-0.39, 0.29) is 11.8 Å². The third-order valence-electron chi connectivity index (χ3n) is 1.89. The van der Waals surface area contributed by atoms with Crippen molar-refractivity contribution in [3.8, 4) is 0 Å². The van der Waals surface area contributed by atoms with Crippen LogP contribution in [0.3, 0.4) is 0 Å². The van der Waals surface area contributed by atoms with Crippen molar-refractivity contribution < 1.29 is 13.0 Å². The van der Waals surface area contributed by atoms with E-state index in [0.717, 1.165) is 13.1 Å². The molecular weight excluding hydrogens is 178 g/mol. The molecule has 0 aromatic carbocycles. The van der Waals surface area contributed by atoms with Crippen LogP contribution in [0.25, 0.3) is 0 Å². The molecule has 1 unspecified atom stereocenters. The van der Waals surface area contributed by atoms with E-state index in [9.17, 15) is 8.42 Å². The van der Waals surface area contributed by atoms with Gasteiger partial charge in [-0.1, -0.05) is 13.8 Å². The summed E-state index contributed by atoms with van der Waals surface area (Å²) in [4.78, 5) is 1.98. The predicted molar refractivity (Wildman–Crippen MR) is 48.8 cm³/mol. The van der Waals surface area contributed by atoms with Gasteiger partial charge in [-0.3, -0.25) is 4.55 Å². The maximum Gasteiger partial charge on any atom is 0.266 e. The quantitative estimate of drug-likeness (QED) is 0.653. The summed E-state index contributed by atoms with van der Waals surface area (Å²) in [6, 6.07) is -0.116. The van der Waals surface area contributed by atoms with Gasteiger partial charge < -0.3 is 4.90 Å². The number of hydrogen-bond acceptors (Lipinski definition) is 3. The van der Waals surface area contributed by atoms with Crippen molar-refractivity contribution in [2.45, 2.75) is 26.8 Å². The summed E-state index contributed by atoms with van der Waals surface area (Å²) < 4.78 is 29.6. The first-order valence-electron chi connectivity index (χ1n) is 4.10. The van der Waals surface area contributed by atoms with E-state index in [1.165, 1.54) is 0 Å². The van der Waals surface area contributed by atoms with Crippen molar-refractivity contribution in [3.63, 3.8) is 0 Å². The van der Waals surface area contributed by atoms with Crippen LogP contribution in [-0.2, 0) is 10.1 Å². The third kappa shape index (κ3) is 4.69. The average molecular weight is 195 g/mol. The van der Waals surface area contributed by atoms with Crippen LogP contribution in [0.1, 0.15) is 20.8 Å². The standard InChI is InChI=1S/C7H17NO3S/c1-4-8(5-2)7(3)6-12(9,10)11/h7H,4-6H2,1-3H3,(H,9,10,11). The fourth-order valence-corrected chi connectivity index (χ4v) is 2.08.